The summed E-state index contributed by atoms with van der Waals surface area (Å²) >= 11 is 0. The van der Waals surface area contributed by atoms with E-state index >= 15 is 0 Å². The summed E-state index contributed by atoms with van der Waals surface area (Å²) in [5.41, 5.74) is 1.66. The summed E-state index contributed by atoms with van der Waals surface area (Å²) in [4.78, 5) is 24.9. The molecule has 0 spiro atoms. The van der Waals surface area contributed by atoms with E-state index in [0.717, 1.165) is 19.3 Å². The molecule has 3 heteroatoms. The molecule has 1 aromatic carbocycles. The van der Waals surface area contributed by atoms with Crippen LogP contribution in [0.3, 0.4) is 0 Å². The van der Waals surface area contributed by atoms with Crippen LogP contribution in [0.15, 0.2) is 24.3 Å². The summed E-state index contributed by atoms with van der Waals surface area (Å²) in [5.74, 6) is 0.251. The molecule has 3 atom stereocenters. The van der Waals surface area contributed by atoms with Crippen LogP contribution in [0.5, 0.6) is 0 Å². The lowest BCUT2D eigenvalue weighted by atomic mass is 9.64. The molecule has 132 valence electrons. The molecular weight excluding hydrogens is 298 g/mol. The van der Waals surface area contributed by atoms with Gasteiger partial charge < -0.3 is 5.32 Å². The minimum Gasteiger partial charge on any atom is -0.353 e. The van der Waals surface area contributed by atoms with Crippen molar-refractivity contribution >= 4 is 11.7 Å². The van der Waals surface area contributed by atoms with Gasteiger partial charge in [0.15, 0.2) is 0 Å². The van der Waals surface area contributed by atoms with E-state index in [4.69, 9.17) is 0 Å². The standard InChI is InChI=1S/C21H31NO2/c1-14-7-9-17(10-8-14)13-15(2)22-19(24)21(6)12-11-18(16(3)23)20(21,4)5/h7-10,15,18H,11-13H2,1-6H3,(H,22,24)/t15-,18-,21+/m1/s1. The molecule has 3 nitrogen and oxygen atoms in total. The highest BCUT2D eigenvalue weighted by atomic mass is 16.2. The second-order valence-electron chi connectivity index (χ2n) is 8.32. The smallest absolute Gasteiger partial charge is 0.226 e. The molecule has 1 aliphatic carbocycles. The zero-order valence-electron chi connectivity index (χ0n) is 15.9. The molecule has 1 amide bonds. The first-order valence-electron chi connectivity index (χ1n) is 8.95. The molecule has 0 unspecified atom stereocenters. The summed E-state index contributed by atoms with van der Waals surface area (Å²) in [5, 5.41) is 3.19. The molecule has 1 fully saturated rings. The summed E-state index contributed by atoms with van der Waals surface area (Å²) in [6.07, 6.45) is 2.39. The lowest BCUT2D eigenvalue weighted by Gasteiger charge is -2.40. The fourth-order valence-electron chi connectivity index (χ4n) is 4.13. The van der Waals surface area contributed by atoms with Crippen LogP contribution in [0.4, 0.5) is 0 Å². The molecule has 0 bridgehead atoms. The van der Waals surface area contributed by atoms with E-state index in [9.17, 15) is 9.59 Å². The van der Waals surface area contributed by atoms with Crippen LogP contribution in [0.1, 0.15) is 58.6 Å². The van der Waals surface area contributed by atoms with Gasteiger partial charge in [-0.3, -0.25) is 9.59 Å². The van der Waals surface area contributed by atoms with Gasteiger partial charge >= 0.3 is 0 Å². The molecule has 0 radical (unpaired) electrons. The summed E-state index contributed by atoms with van der Waals surface area (Å²) in [6.45, 7) is 11.9. The van der Waals surface area contributed by atoms with E-state index in [2.05, 4.69) is 50.4 Å². The third-order valence-electron chi connectivity index (χ3n) is 6.26. The van der Waals surface area contributed by atoms with Crippen LogP contribution in [0.25, 0.3) is 0 Å². The van der Waals surface area contributed by atoms with Gasteiger partial charge in [-0.05, 0) is 51.0 Å². The maximum Gasteiger partial charge on any atom is 0.226 e. The van der Waals surface area contributed by atoms with Crippen molar-refractivity contribution in [1.29, 1.82) is 0 Å². The Morgan fingerprint density at radius 2 is 1.79 bits per heavy atom. The Morgan fingerprint density at radius 3 is 2.29 bits per heavy atom. The molecule has 2 rings (SSSR count). The normalized spacial score (nSPS) is 26.8. The van der Waals surface area contributed by atoms with Crippen molar-refractivity contribution in [3.8, 4) is 0 Å². The average Bonchev–Trinajstić information content (AvgIpc) is 2.73. The van der Waals surface area contributed by atoms with E-state index in [0.29, 0.717) is 0 Å². The highest BCUT2D eigenvalue weighted by molar-refractivity contribution is 5.87. The van der Waals surface area contributed by atoms with Crippen molar-refractivity contribution in [2.24, 2.45) is 16.7 Å². The van der Waals surface area contributed by atoms with Crippen LogP contribution >= 0.6 is 0 Å². The van der Waals surface area contributed by atoms with E-state index in [1.807, 2.05) is 13.8 Å². The maximum absolute atomic E-state index is 13.0. The van der Waals surface area contributed by atoms with Gasteiger partial charge in [-0.1, -0.05) is 50.6 Å². The number of aryl methyl sites for hydroxylation is 1. The number of hydrogen-bond donors (Lipinski definition) is 1. The Hall–Kier alpha value is -1.64. The zero-order chi connectivity index (χ0) is 18.1. The van der Waals surface area contributed by atoms with Crippen molar-refractivity contribution in [3.05, 3.63) is 35.4 Å². The molecule has 1 aromatic rings. The van der Waals surface area contributed by atoms with Crippen molar-refractivity contribution in [2.45, 2.75) is 66.8 Å². The number of hydrogen-bond acceptors (Lipinski definition) is 2. The van der Waals surface area contributed by atoms with Crippen LogP contribution in [-0.4, -0.2) is 17.7 Å². The van der Waals surface area contributed by atoms with Crippen molar-refractivity contribution in [1.82, 2.24) is 5.32 Å². The van der Waals surface area contributed by atoms with E-state index < -0.39 is 5.41 Å². The van der Waals surface area contributed by atoms with Gasteiger partial charge in [0, 0.05) is 12.0 Å². The van der Waals surface area contributed by atoms with E-state index in [-0.39, 0.29) is 29.1 Å². The number of rotatable bonds is 5. The number of ketones is 1. The van der Waals surface area contributed by atoms with Crippen molar-refractivity contribution in [3.63, 3.8) is 0 Å². The Balaban J connectivity index is 2.05. The number of carbonyl (C=O) groups excluding carboxylic acids is 2. The highest BCUT2D eigenvalue weighted by Crippen LogP contribution is 2.56. The molecule has 1 saturated carbocycles. The molecule has 0 heterocycles. The van der Waals surface area contributed by atoms with Gasteiger partial charge in [0.05, 0.1) is 5.41 Å². The molecular formula is C21H31NO2. The summed E-state index contributed by atoms with van der Waals surface area (Å²) < 4.78 is 0. The molecule has 24 heavy (non-hydrogen) atoms. The SMILES string of the molecule is CC(=O)[C@H]1CC[C@@](C)(C(=O)N[C@H](C)Cc2ccc(C)cc2)C1(C)C. The number of amides is 1. The predicted octanol–water partition coefficient (Wildman–Crippen LogP) is 4.07. The third kappa shape index (κ3) is 3.40. The Morgan fingerprint density at radius 1 is 1.21 bits per heavy atom. The maximum atomic E-state index is 13.0. The third-order valence-corrected chi connectivity index (χ3v) is 6.26. The van der Waals surface area contributed by atoms with E-state index in [1.54, 1.807) is 6.92 Å². The van der Waals surface area contributed by atoms with Gasteiger partial charge in [0.25, 0.3) is 0 Å². The van der Waals surface area contributed by atoms with Crippen molar-refractivity contribution < 1.29 is 9.59 Å². The zero-order valence-corrected chi connectivity index (χ0v) is 15.9. The lowest BCUT2D eigenvalue weighted by Crippen LogP contribution is -2.50. The van der Waals surface area contributed by atoms with Crippen LogP contribution < -0.4 is 5.32 Å². The number of carbonyl (C=O) groups is 2. The highest BCUT2D eigenvalue weighted by Gasteiger charge is 2.57. The second-order valence-corrected chi connectivity index (χ2v) is 8.32. The fraction of sp³-hybridized carbons (Fsp3) is 0.619. The topological polar surface area (TPSA) is 46.2 Å². The quantitative estimate of drug-likeness (QED) is 0.885. The van der Waals surface area contributed by atoms with Gasteiger partial charge in [0.2, 0.25) is 5.91 Å². The molecule has 1 aliphatic rings. The first-order valence-corrected chi connectivity index (χ1v) is 8.95. The first kappa shape index (κ1) is 18.7. The molecule has 0 saturated heterocycles. The number of benzene rings is 1. The van der Waals surface area contributed by atoms with Crippen LogP contribution in [0.2, 0.25) is 0 Å². The fourth-order valence-corrected chi connectivity index (χ4v) is 4.13. The lowest BCUT2D eigenvalue weighted by molar-refractivity contribution is -0.138. The number of Topliss-reactive ketones (excluding diaryl/α,β-unsaturated/α-hetero) is 1. The van der Waals surface area contributed by atoms with Crippen molar-refractivity contribution in [2.75, 3.05) is 0 Å². The summed E-state index contributed by atoms with van der Waals surface area (Å²) in [6, 6.07) is 8.51. The monoisotopic (exact) mass is 329 g/mol. The van der Waals surface area contributed by atoms with Crippen LogP contribution in [-0.2, 0) is 16.0 Å². The Bertz CT molecular complexity index is 617. The van der Waals surface area contributed by atoms with Gasteiger partial charge in [0.1, 0.15) is 5.78 Å². The van der Waals surface area contributed by atoms with Gasteiger partial charge in [-0.25, -0.2) is 0 Å². The van der Waals surface area contributed by atoms with Gasteiger partial charge in [-0.15, -0.1) is 0 Å². The minimum absolute atomic E-state index is 0.0272. The molecule has 0 aromatic heterocycles. The predicted molar refractivity (Wildman–Crippen MR) is 97.8 cm³/mol. The second kappa shape index (κ2) is 6.70. The summed E-state index contributed by atoms with van der Waals surface area (Å²) in [7, 11) is 0. The number of nitrogens with one attached hydrogen (secondary N) is 1. The Kier molecular flexibility index (Phi) is 5.22. The molecule has 0 aliphatic heterocycles. The minimum atomic E-state index is -0.495. The van der Waals surface area contributed by atoms with E-state index in [1.165, 1.54) is 11.1 Å². The largest absolute Gasteiger partial charge is 0.353 e. The Labute approximate surface area is 146 Å². The molecule has 1 N–H and O–H groups in total. The van der Waals surface area contributed by atoms with Gasteiger partial charge in [-0.2, -0.15) is 0 Å². The first-order chi connectivity index (χ1) is 11.1. The van der Waals surface area contributed by atoms with Crippen LogP contribution in [0, 0.1) is 23.7 Å². The average molecular weight is 329 g/mol.